The number of hydrogen-bond acceptors (Lipinski definition) is 2. The summed E-state index contributed by atoms with van der Waals surface area (Å²) in [4.78, 5) is 11.0. The van der Waals surface area contributed by atoms with Crippen LogP contribution in [0.15, 0.2) is 60.7 Å². The van der Waals surface area contributed by atoms with Gasteiger partial charge in [0, 0.05) is 11.7 Å². The number of carboxylic acids is 1. The molecule has 0 saturated heterocycles. The van der Waals surface area contributed by atoms with Crippen LogP contribution < -0.4 is 5.32 Å². The summed E-state index contributed by atoms with van der Waals surface area (Å²) in [6.07, 6.45) is 0.797. The largest absolute Gasteiger partial charge is 0.481 e. The van der Waals surface area contributed by atoms with Crippen LogP contribution in [-0.2, 0) is 11.2 Å². The lowest BCUT2D eigenvalue weighted by Gasteiger charge is -2.18. The lowest BCUT2D eigenvalue weighted by Crippen LogP contribution is -2.25. The molecule has 2 aromatic rings. The van der Waals surface area contributed by atoms with Crippen molar-refractivity contribution >= 4 is 11.7 Å². The van der Waals surface area contributed by atoms with Gasteiger partial charge in [0.15, 0.2) is 0 Å². The van der Waals surface area contributed by atoms with Crippen LogP contribution in [0, 0.1) is 0 Å². The molecule has 0 fully saturated rings. The van der Waals surface area contributed by atoms with E-state index in [4.69, 9.17) is 5.11 Å². The fraction of sp³-hybridized carbons (Fsp3) is 0.188. The van der Waals surface area contributed by atoms with E-state index in [1.165, 1.54) is 0 Å². The Balaban J connectivity index is 2.06. The molecule has 0 bridgehead atoms. The Labute approximate surface area is 112 Å². The summed E-state index contributed by atoms with van der Waals surface area (Å²) in [7, 11) is 0. The Morgan fingerprint density at radius 1 is 1.00 bits per heavy atom. The topological polar surface area (TPSA) is 49.3 Å². The monoisotopic (exact) mass is 255 g/mol. The van der Waals surface area contributed by atoms with Crippen LogP contribution in [0.25, 0.3) is 0 Å². The lowest BCUT2D eigenvalue weighted by atomic mass is 10.0. The van der Waals surface area contributed by atoms with E-state index in [2.05, 4.69) is 5.32 Å². The number of para-hydroxylation sites is 1. The van der Waals surface area contributed by atoms with Crippen molar-refractivity contribution in [1.82, 2.24) is 0 Å². The van der Waals surface area contributed by atoms with Crippen LogP contribution in [-0.4, -0.2) is 17.1 Å². The molecule has 1 unspecified atom stereocenters. The van der Waals surface area contributed by atoms with E-state index in [0.717, 1.165) is 11.3 Å². The third-order valence-electron chi connectivity index (χ3n) is 2.89. The Morgan fingerprint density at radius 3 is 2.16 bits per heavy atom. The van der Waals surface area contributed by atoms with Crippen molar-refractivity contribution in [3.63, 3.8) is 0 Å². The summed E-state index contributed by atoms with van der Waals surface area (Å²) in [5.41, 5.74) is 2.09. The molecule has 98 valence electrons. The summed E-state index contributed by atoms with van der Waals surface area (Å²) in [5.74, 6) is -0.788. The standard InChI is InChI=1S/C16H17NO2/c18-16(19)12-15(11-13-7-3-1-4-8-13)17-14-9-5-2-6-10-14/h1-10,15,17H,11-12H2,(H,18,19). The van der Waals surface area contributed by atoms with Gasteiger partial charge >= 0.3 is 5.97 Å². The molecule has 2 N–H and O–H groups in total. The summed E-state index contributed by atoms with van der Waals surface area (Å²) >= 11 is 0. The first-order valence-electron chi connectivity index (χ1n) is 6.31. The average Bonchev–Trinajstić information content (AvgIpc) is 2.40. The molecular weight excluding hydrogens is 238 g/mol. The van der Waals surface area contributed by atoms with Crippen molar-refractivity contribution in [3.05, 3.63) is 66.2 Å². The molecule has 3 nitrogen and oxygen atoms in total. The molecule has 0 spiro atoms. The molecule has 0 amide bonds. The van der Waals surface area contributed by atoms with E-state index in [1.54, 1.807) is 0 Å². The molecule has 19 heavy (non-hydrogen) atoms. The molecule has 0 aliphatic rings. The number of benzene rings is 2. The maximum Gasteiger partial charge on any atom is 0.305 e. The molecule has 2 aromatic carbocycles. The molecule has 0 aliphatic carbocycles. The Bertz CT molecular complexity index is 469. The van der Waals surface area contributed by atoms with Gasteiger partial charge in [-0.05, 0) is 24.1 Å². The third-order valence-corrected chi connectivity index (χ3v) is 2.89. The number of rotatable bonds is 6. The minimum atomic E-state index is -0.788. The molecule has 2 rings (SSSR count). The predicted octanol–water partition coefficient (Wildman–Crippen LogP) is 3.18. The summed E-state index contributed by atoms with van der Waals surface area (Å²) in [5, 5.41) is 12.3. The van der Waals surface area contributed by atoms with Crippen LogP contribution in [0.2, 0.25) is 0 Å². The highest BCUT2D eigenvalue weighted by atomic mass is 16.4. The second-order valence-corrected chi connectivity index (χ2v) is 4.49. The van der Waals surface area contributed by atoms with Gasteiger partial charge in [0.05, 0.1) is 6.42 Å². The van der Waals surface area contributed by atoms with Crippen molar-refractivity contribution in [3.8, 4) is 0 Å². The fourth-order valence-electron chi connectivity index (χ4n) is 2.05. The van der Waals surface area contributed by atoms with Crippen molar-refractivity contribution in [1.29, 1.82) is 0 Å². The first-order valence-corrected chi connectivity index (χ1v) is 6.31. The second-order valence-electron chi connectivity index (χ2n) is 4.49. The molecule has 0 heterocycles. The van der Waals surface area contributed by atoms with Gasteiger partial charge in [-0.15, -0.1) is 0 Å². The summed E-state index contributed by atoms with van der Waals surface area (Å²) in [6.45, 7) is 0. The number of hydrogen-bond donors (Lipinski definition) is 2. The quantitative estimate of drug-likeness (QED) is 0.833. The lowest BCUT2D eigenvalue weighted by molar-refractivity contribution is -0.137. The minimum absolute atomic E-state index is 0.101. The highest BCUT2D eigenvalue weighted by Crippen LogP contribution is 2.13. The van der Waals surface area contributed by atoms with Gasteiger partial charge in [-0.1, -0.05) is 48.5 Å². The van der Waals surface area contributed by atoms with E-state index in [-0.39, 0.29) is 12.5 Å². The molecule has 0 aromatic heterocycles. The molecular formula is C16H17NO2. The van der Waals surface area contributed by atoms with E-state index >= 15 is 0 Å². The zero-order valence-corrected chi connectivity index (χ0v) is 10.6. The SMILES string of the molecule is O=C(O)CC(Cc1ccccc1)Nc1ccccc1. The van der Waals surface area contributed by atoms with Crippen LogP contribution in [0.4, 0.5) is 5.69 Å². The first kappa shape index (κ1) is 13.1. The Morgan fingerprint density at radius 2 is 1.58 bits per heavy atom. The van der Waals surface area contributed by atoms with E-state index in [0.29, 0.717) is 6.42 Å². The van der Waals surface area contributed by atoms with Crippen molar-refractivity contribution in [2.75, 3.05) is 5.32 Å². The molecule has 0 radical (unpaired) electrons. The van der Waals surface area contributed by atoms with Gasteiger partial charge in [0.2, 0.25) is 0 Å². The van der Waals surface area contributed by atoms with Crippen molar-refractivity contribution in [2.45, 2.75) is 18.9 Å². The predicted molar refractivity (Wildman–Crippen MR) is 76.3 cm³/mol. The van der Waals surface area contributed by atoms with Crippen LogP contribution >= 0.6 is 0 Å². The normalized spacial score (nSPS) is 11.8. The van der Waals surface area contributed by atoms with Crippen LogP contribution in [0.5, 0.6) is 0 Å². The number of aliphatic carboxylic acids is 1. The summed E-state index contributed by atoms with van der Waals surface area (Å²) < 4.78 is 0. The highest BCUT2D eigenvalue weighted by molar-refractivity contribution is 5.68. The first-order chi connectivity index (χ1) is 9.24. The Hall–Kier alpha value is -2.29. The smallest absolute Gasteiger partial charge is 0.305 e. The third kappa shape index (κ3) is 4.47. The Kier molecular flexibility index (Phi) is 4.56. The maximum absolute atomic E-state index is 11.0. The van der Waals surface area contributed by atoms with E-state index in [9.17, 15) is 4.79 Å². The summed E-state index contributed by atoms with van der Waals surface area (Å²) in [6, 6.07) is 19.5. The number of carboxylic acid groups (broad SMARTS) is 1. The van der Waals surface area contributed by atoms with Crippen LogP contribution in [0.1, 0.15) is 12.0 Å². The average molecular weight is 255 g/mol. The zero-order chi connectivity index (χ0) is 13.5. The molecule has 0 aliphatic heterocycles. The number of anilines is 1. The zero-order valence-electron chi connectivity index (χ0n) is 10.6. The van der Waals surface area contributed by atoms with E-state index in [1.807, 2.05) is 60.7 Å². The van der Waals surface area contributed by atoms with Gasteiger partial charge in [0.1, 0.15) is 0 Å². The second kappa shape index (κ2) is 6.59. The van der Waals surface area contributed by atoms with Gasteiger partial charge in [-0.25, -0.2) is 0 Å². The highest BCUT2D eigenvalue weighted by Gasteiger charge is 2.13. The molecule has 1 atom stereocenters. The minimum Gasteiger partial charge on any atom is -0.481 e. The van der Waals surface area contributed by atoms with Crippen LogP contribution in [0.3, 0.4) is 0 Å². The van der Waals surface area contributed by atoms with E-state index < -0.39 is 5.97 Å². The fourth-order valence-corrected chi connectivity index (χ4v) is 2.05. The van der Waals surface area contributed by atoms with Gasteiger partial charge < -0.3 is 10.4 Å². The molecule has 0 saturated carbocycles. The molecule has 3 heteroatoms. The maximum atomic E-state index is 11.0. The van der Waals surface area contributed by atoms with Gasteiger partial charge in [0.25, 0.3) is 0 Å². The van der Waals surface area contributed by atoms with Crippen molar-refractivity contribution < 1.29 is 9.90 Å². The van der Waals surface area contributed by atoms with Gasteiger partial charge in [-0.2, -0.15) is 0 Å². The van der Waals surface area contributed by atoms with Crippen molar-refractivity contribution in [2.24, 2.45) is 0 Å². The number of carbonyl (C=O) groups is 1. The van der Waals surface area contributed by atoms with Gasteiger partial charge in [-0.3, -0.25) is 4.79 Å². The number of nitrogens with one attached hydrogen (secondary N) is 1.